The van der Waals surface area contributed by atoms with Crippen molar-refractivity contribution < 1.29 is 18.7 Å². The third-order valence-corrected chi connectivity index (χ3v) is 2.66. The Morgan fingerprint density at radius 2 is 2.50 bits per heavy atom. The van der Waals surface area contributed by atoms with Gasteiger partial charge in [-0.25, -0.2) is 9.78 Å². The van der Waals surface area contributed by atoms with Gasteiger partial charge in [0.15, 0.2) is 0 Å². The van der Waals surface area contributed by atoms with Crippen molar-refractivity contribution in [1.29, 1.82) is 0 Å². The quantitative estimate of drug-likeness (QED) is 0.565. The van der Waals surface area contributed by atoms with Crippen LogP contribution in [0.1, 0.15) is 28.3 Å². The highest BCUT2D eigenvalue weighted by Gasteiger charge is 2.23. The first kappa shape index (κ1) is 11.0. The molecule has 0 saturated carbocycles. The Kier molecular flexibility index (Phi) is 3.14. The first-order valence-corrected chi connectivity index (χ1v) is 5.04. The smallest absolute Gasteiger partial charge is 0.339 e. The predicted octanol–water partition coefficient (Wildman–Crippen LogP) is 1.51. The van der Waals surface area contributed by atoms with E-state index in [9.17, 15) is 9.18 Å². The van der Waals surface area contributed by atoms with E-state index in [-0.39, 0.29) is 11.5 Å². The second-order valence-electron chi connectivity index (χ2n) is 3.66. The van der Waals surface area contributed by atoms with Crippen molar-refractivity contribution >= 4 is 5.97 Å². The number of rotatable bonds is 2. The molecular weight excluding hydrogens is 213 g/mol. The number of esters is 1. The van der Waals surface area contributed by atoms with Crippen LogP contribution in [0.15, 0.2) is 12.3 Å². The molecule has 4 nitrogen and oxygen atoms in total. The van der Waals surface area contributed by atoms with E-state index in [1.54, 1.807) is 0 Å². The van der Waals surface area contributed by atoms with Crippen molar-refractivity contribution in [3.63, 3.8) is 0 Å². The maximum atomic E-state index is 13.5. The monoisotopic (exact) mass is 225 g/mol. The van der Waals surface area contributed by atoms with E-state index in [1.807, 2.05) is 0 Å². The van der Waals surface area contributed by atoms with Gasteiger partial charge >= 0.3 is 5.97 Å². The van der Waals surface area contributed by atoms with Gasteiger partial charge < -0.3 is 9.47 Å². The fourth-order valence-corrected chi connectivity index (χ4v) is 1.76. The minimum atomic E-state index is -0.539. The molecule has 1 saturated heterocycles. The zero-order chi connectivity index (χ0) is 11.5. The van der Waals surface area contributed by atoms with Gasteiger partial charge in [0.05, 0.1) is 19.3 Å². The lowest BCUT2D eigenvalue weighted by Crippen LogP contribution is -2.08. The van der Waals surface area contributed by atoms with Crippen LogP contribution in [0.2, 0.25) is 0 Å². The van der Waals surface area contributed by atoms with Crippen LogP contribution in [0.5, 0.6) is 0 Å². The third kappa shape index (κ3) is 2.04. The number of hydrogen-bond donors (Lipinski definition) is 0. The van der Waals surface area contributed by atoms with Crippen molar-refractivity contribution in [2.75, 3.05) is 20.3 Å². The van der Waals surface area contributed by atoms with Gasteiger partial charge in [0, 0.05) is 24.3 Å². The molecule has 0 N–H and O–H groups in total. The van der Waals surface area contributed by atoms with Crippen molar-refractivity contribution in [2.24, 2.45) is 0 Å². The number of carbonyl (C=O) groups is 1. The van der Waals surface area contributed by atoms with Crippen LogP contribution in [0.4, 0.5) is 4.39 Å². The summed E-state index contributed by atoms with van der Waals surface area (Å²) in [6, 6.07) is 1.49. The molecule has 2 rings (SSSR count). The van der Waals surface area contributed by atoms with E-state index in [0.29, 0.717) is 18.8 Å². The number of methoxy groups -OCH3 is 1. The van der Waals surface area contributed by atoms with Crippen LogP contribution in [0, 0.1) is 5.95 Å². The number of nitrogens with zero attached hydrogens (tertiary/aromatic N) is 1. The zero-order valence-corrected chi connectivity index (χ0v) is 8.90. The Morgan fingerprint density at radius 1 is 1.69 bits per heavy atom. The molecule has 1 aromatic heterocycles. The molecule has 1 atom stereocenters. The minimum Gasteiger partial charge on any atom is -0.465 e. The highest BCUT2D eigenvalue weighted by Crippen LogP contribution is 2.27. The Hall–Kier alpha value is -1.49. The lowest BCUT2D eigenvalue weighted by Gasteiger charge is -2.09. The topological polar surface area (TPSA) is 48.4 Å². The fourth-order valence-electron chi connectivity index (χ4n) is 1.76. The van der Waals surface area contributed by atoms with E-state index in [4.69, 9.17) is 4.74 Å². The summed E-state index contributed by atoms with van der Waals surface area (Å²) in [6.45, 7) is 1.09. The van der Waals surface area contributed by atoms with Gasteiger partial charge in [0.25, 0.3) is 0 Å². The normalized spacial score (nSPS) is 19.8. The van der Waals surface area contributed by atoms with E-state index in [1.165, 1.54) is 19.4 Å². The average Bonchev–Trinajstić information content (AvgIpc) is 2.82. The molecule has 0 bridgehead atoms. The molecule has 2 heterocycles. The SMILES string of the molecule is COC(=O)c1cnc(F)c(C2CCOC2)c1. The van der Waals surface area contributed by atoms with Crippen LogP contribution in [-0.2, 0) is 9.47 Å². The number of pyridine rings is 1. The van der Waals surface area contributed by atoms with Crippen LogP contribution in [-0.4, -0.2) is 31.3 Å². The minimum absolute atomic E-state index is 0.0166. The maximum absolute atomic E-state index is 13.5. The first-order chi connectivity index (χ1) is 7.72. The molecule has 1 unspecified atom stereocenters. The molecule has 0 aliphatic carbocycles. The zero-order valence-electron chi connectivity index (χ0n) is 8.90. The van der Waals surface area contributed by atoms with E-state index >= 15 is 0 Å². The molecule has 1 fully saturated rings. The van der Waals surface area contributed by atoms with Crippen LogP contribution >= 0.6 is 0 Å². The molecule has 0 spiro atoms. The first-order valence-electron chi connectivity index (χ1n) is 5.04. The summed E-state index contributed by atoms with van der Waals surface area (Å²) in [4.78, 5) is 14.8. The molecular formula is C11H12FNO3. The van der Waals surface area contributed by atoms with Crippen molar-refractivity contribution in [3.05, 3.63) is 29.3 Å². The summed E-state index contributed by atoms with van der Waals surface area (Å²) in [5.74, 6) is -1.06. The fraction of sp³-hybridized carbons (Fsp3) is 0.455. The van der Waals surface area contributed by atoms with Gasteiger partial charge in [-0.1, -0.05) is 0 Å². The van der Waals surface area contributed by atoms with Crippen molar-refractivity contribution in [2.45, 2.75) is 12.3 Å². The molecule has 86 valence electrons. The molecule has 0 radical (unpaired) electrons. The van der Waals surface area contributed by atoms with Crippen LogP contribution < -0.4 is 0 Å². The Bertz CT molecular complexity index is 402. The summed E-state index contributed by atoms with van der Waals surface area (Å²) < 4.78 is 23.2. The van der Waals surface area contributed by atoms with E-state index in [0.717, 1.165) is 6.42 Å². The van der Waals surface area contributed by atoms with Gasteiger partial charge in [0.1, 0.15) is 0 Å². The highest BCUT2D eigenvalue weighted by molar-refractivity contribution is 5.89. The maximum Gasteiger partial charge on any atom is 0.339 e. The summed E-state index contributed by atoms with van der Waals surface area (Å²) >= 11 is 0. The van der Waals surface area contributed by atoms with Gasteiger partial charge in [0.2, 0.25) is 5.95 Å². The Balaban J connectivity index is 2.32. The molecule has 1 aliphatic rings. The van der Waals surface area contributed by atoms with Gasteiger partial charge in [-0.05, 0) is 12.5 Å². The lowest BCUT2D eigenvalue weighted by molar-refractivity contribution is 0.0600. The van der Waals surface area contributed by atoms with Crippen LogP contribution in [0.3, 0.4) is 0 Å². The van der Waals surface area contributed by atoms with Crippen molar-refractivity contribution in [1.82, 2.24) is 4.98 Å². The number of carbonyl (C=O) groups excluding carboxylic acids is 1. The molecule has 1 aliphatic heterocycles. The van der Waals surface area contributed by atoms with Gasteiger partial charge in [-0.3, -0.25) is 0 Å². The lowest BCUT2D eigenvalue weighted by atomic mass is 9.99. The van der Waals surface area contributed by atoms with Gasteiger partial charge in [-0.2, -0.15) is 4.39 Å². The van der Waals surface area contributed by atoms with E-state index < -0.39 is 11.9 Å². The third-order valence-electron chi connectivity index (χ3n) is 2.66. The number of hydrogen-bond acceptors (Lipinski definition) is 4. The number of halogens is 1. The summed E-state index contributed by atoms with van der Waals surface area (Å²) in [5.41, 5.74) is 0.700. The Labute approximate surface area is 92.4 Å². The number of aromatic nitrogens is 1. The molecule has 0 aromatic carbocycles. The summed E-state index contributed by atoms with van der Waals surface area (Å²) in [5, 5.41) is 0. The largest absolute Gasteiger partial charge is 0.465 e. The second-order valence-corrected chi connectivity index (χ2v) is 3.66. The summed E-state index contributed by atoms with van der Waals surface area (Å²) in [7, 11) is 1.28. The number of ether oxygens (including phenoxy) is 2. The average molecular weight is 225 g/mol. The molecule has 0 amide bonds. The van der Waals surface area contributed by atoms with Crippen LogP contribution in [0.25, 0.3) is 0 Å². The molecule has 5 heteroatoms. The standard InChI is InChI=1S/C11H12FNO3/c1-15-11(14)8-4-9(10(12)13-5-8)7-2-3-16-6-7/h4-5,7H,2-3,6H2,1H3. The van der Waals surface area contributed by atoms with Gasteiger partial charge in [-0.15, -0.1) is 0 Å². The molecule has 1 aromatic rings. The molecule has 16 heavy (non-hydrogen) atoms. The predicted molar refractivity (Wildman–Crippen MR) is 53.7 cm³/mol. The highest BCUT2D eigenvalue weighted by atomic mass is 19.1. The summed E-state index contributed by atoms with van der Waals surface area (Å²) in [6.07, 6.45) is 1.93. The Morgan fingerprint density at radius 3 is 3.12 bits per heavy atom. The second kappa shape index (κ2) is 4.57. The van der Waals surface area contributed by atoms with Crippen molar-refractivity contribution in [3.8, 4) is 0 Å². The van der Waals surface area contributed by atoms with E-state index in [2.05, 4.69) is 9.72 Å².